The number of nitrogens with zero attached hydrogens (tertiary/aromatic N) is 2. The van der Waals surface area contributed by atoms with Gasteiger partial charge in [-0.25, -0.2) is 4.98 Å². The first-order valence-corrected chi connectivity index (χ1v) is 7.62. The summed E-state index contributed by atoms with van der Waals surface area (Å²) in [7, 11) is 1.57. The quantitative estimate of drug-likeness (QED) is 0.874. The zero-order valence-corrected chi connectivity index (χ0v) is 12.7. The molecule has 0 atom stereocenters. The molecule has 0 bridgehead atoms. The summed E-state index contributed by atoms with van der Waals surface area (Å²) in [6.07, 6.45) is 3.61. The van der Waals surface area contributed by atoms with Crippen LogP contribution in [-0.4, -0.2) is 36.0 Å². The van der Waals surface area contributed by atoms with Gasteiger partial charge in [0, 0.05) is 25.4 Å². The van der Waals surface area contributed by atoms with Crippen molar-refractivity contribution in [3.05, 3.63) is 59.8 Å². The summed E-state index contributed by atoms with van der Waals surface area (Å²) in [5.41, 5.74) is 2.00. The monoisotopic (exact) mass is 296 g/mol. The number of piperidine rings is 1. The minimum Gasteiger partial charge on any atom is -0.481 e. The zero-order chi connectivity index (χ0) is 15.4. The van der Waals surface area contributed by atoms with Crippen molar-refractivity contribution in [2.24, 2.45) is 0 Å². The number of hydrogen-bond donors (Lipinski definition) is 0. The fourth-order valence-corrected chi connectivity index (χ4v) is 2.95. The summed E-state index contributed by atoms with van der Waals surface area (Å²) in [5.74, 6) is 1.14. The highest BCUT2D eigenvalue weighted by Gasteiger charge is 2.24. The molecular formula is C18H20N2O2. The van der Waals surface area contributed by atoms with E-state index in [1.807, 2.05) is 11.0 Å². The average molecular weight is 296 g/mol. The number of benzene rings is 1. The van der Waals surface area contributed by atoms with Gasteiger partial charge >= 0.3 is 0 Å². The molecule has 1 amide bonds. The number of aromatic nitrogens is 1. The molecule has 0 saturated carbocycles. The van der Waals surface area contributed by atoms with Crippen LogP contribution in [0.3, 0.4) is 0 Å². The molecule has 1 aromatic carbocycles. The molecule has 0 N–H and O–H groups in total. The normalized spacial score (nSPS) is 15.6. The van der Waals surface area contributed by atoms with E-state index in [1.165, 1.54) is 5.56 Å². The Morgan fingerprint density at radius 1 is 1.14 bits per heavy atom. The zero-order valence-electron chi connectivity index (χ0n) is 12.7. The van der Waals surface area contributed by atoms with Gasteiger partial charge in [0.05, 0.1) is 12.7 Å². The molecule has 1 saturated heterocycles. The van der Waals surface area contributed by atoms with Gasteiger partial charge < -0.3 is 9.64 Å². The number of hydrogen-bond acceptors (Lipinski definition) is 3. The largest absolute Gasteiger partial charge is 0.481 e. The topological polar surface area (TPSA) is 42.4 Å². The second kappa shape index (κ2) is 6.60. The summed E-state index contributed by atoms with van der Waals surface area (Å²) >= 11 is 0. The predicted molar refractivity (Wildman–Crippen MR) is 85.1 cm³/mol. The van der Waals surface area contributed by atoms with E-state index in [2.05, 4.69) is 29.2 Å². The van der Waals surface area contributed by atoms with Crippen LogP contribution in [0.25, 0.3) is 0 Å². The molecule has 0 radical (unpaired) electrons. The molecule has 0 unspecified atom stereocenters. The maximum Gasteiger partial charge on any atom is 0.255 e. The van der Waals surface area contributed by atoms with Crippen molar-refractivity contribution in [3.8, 4) is 5.88 Å². The molecule has 114 valence electrons. The molecule has 4 heteroatoms. The Labute approximate surface area is 130 Å². The van der Waals surface area contributed by atoms with Gasteiger partial charge in [0.1, 0.15) is 0 Å². The standard InChI is InChI=1S/C18H20N2O2/c1-22-17-8-7-16(13-19-17)18(21)20-11-9-15(10-12-20)14-5-3-2-4-6-14/h2-8,13,15H,9-12H2,1H3. The maximum absolute atomic E-state index is 12.5. The minimum absolute atomic E-state index is 0.0571. The van der Waals surface area contributed by atoms with Crippen LogP contribution in [-0.2, 0) is 0 Å². The molecule has 1 aliphatic heterocycles. The third-order valence-electron chi connectivity index (χ3n) is 4.25. The number of likely N-dealkylation sites (tertiary alicyclic amines) is 1. The lowest BCUT2D eigenvalue weighted by molar-refractivity contribution is 0.0712. The lowest BCUT2D eigenvalue weighted by Crippen LogP contribution is -2.37. The Hall–Kier alpha value is -2.36. The maximum atomic E-state index is 12.5. The molecular weight excluding hydrogens is 276 g/mol. The highest BCUT2D eigenvalue weighted by Crippen LogP contribution is 2.28. The van der Waals surface area contributed by atoms with E-state index in [9.17, 15) is 4.79 Å². The van der Waals surface area contributed by atoms with Crippen LogP contribution < -0.4 is 4.74 Å². The van der Waals surface area contributed by atoms with Crippen LogP contribution in [0.5, 0.6) is 5.88 Å². The van der Waals surface area contributed by atoms with Crippen LogP contribution in [0.4, 0.5) is 0 Å². The van der Waals surface area contributed by atoms with Gasteiger partial charge in [0.25, 0.3) is 5.91 Å². The Morgan fingerprint density at radius 3 is 2.45 bits per heavy atom. The van der Waals surface area contributed by atoms with Gasteiger partial charge in [-0.2, -0.15) is 0 Å². The molecule has 3 rings (SSSR count). The molecule has 2 aromatic rings. The van der Waals surface area contributed by atoms with Crippen LogP contribution in [0.1, 0.15) is 34.7 Å². The third-order valence-corrected chi connectivity index (χ3v) is 4.25. The summed E-state index contributed by atoms with van der Waals surface area (Å²) in [6.45, 7) is 1.59. The van der Waals surface area contributed by atoms with Crippen molar-refractivity contribution < 1.29 is 9.53 Å². The lowest BCUT2D eigenvalue weighted by Gasteiger charge is -2.32. The van der Waals surface area contributed by atoms with Crippen molar-refractivity contribution in [1.82, 2.24) is 9.88 Å². The van der Waals surface area contributed by atoms with E-state index in [1.54, 1.807) is 25.4 Å². The van der Waals surface area contributed by atoms with Gasteiger partial charge in [0.2, 0.25) is 5.88 Å². The SMILES string of the molecule is COc1ccc(C(=O)N2CCC(c3ccccc3)CC2)cn1. The lowest BCUT2D eigenvalue weighted by atomic mass is 9.89. The van der Waals surface area contributed by atoms with E-state index in [4.69, 9.17) is 4.74 Å². The summed E-state index contributed by atoms with van der Waals surface area (Å²) in [6, 6.07) is 14.1. The minimum atomic E-state index is 0.0571. The van der Waals surface area contributed by atoms with E-state index < -0.39 is 0 Å². The van der Waals surface area contributed by atoms with Gasteiger partial charge in [-0.05, 0) is 30.4 Å². The number of amides is 1. The summed E-state index contributed by atoms with van der Waals surface area (Å²) < 4.78 is 5.02. The predicted octanol–water partition coefficient (Wildman–Crippen LogP) is 3.11. The second-order valence-corrected chi connectivity index (χ2v) is 5.57. The average Bonchev–Trinajstić information content (AvgIpc) is 2.62. The summed E-state index contributed by atoms with van der Waals surface area (Å²) in [5, 5.41) is 0. The van der Waals surface area contributed by atoms with Crippen LogP contribution in [0.15, 0.2) is 48.7 Å². The van der Waals surface area contributed by atoms with Gasteiger partial charge in [0.15, 0.2) is 0 Å². The number of carbonyl (C=O) groups excluding carboxylic acids is 1. The van der Waals surface area contributed by atoms with Crippen molar-refractivity contribution in [2.45, 2.75) is 18.8 Å². The van der Waals surface area contributed by atoms with Gasteiger partial charge in [-0.1, -0.05) is 30.3 Å². The van der Waals surface area contributed by atoms with E-state index in [0.717, 1.165) is 25.9 Å². The Morgan fingerprint density at radius 2 is 1.86 bits per heavy atom. The fourth-order valence-electron chi connectivity index (χ4n) is 2.95. The molecule has 1 aromatic heterocycles. The third kappa shape index (κ3) is 3.11. The molecule has 0 spiro atoms. The molecule has 1 aliphatic rings. The number of carbonyl (C=O) groups is 1. The van der Waals surface area contributed by atoms with Crippen molar-refractivity contribution >= 4 is 5.91 Å². The number of methoxy groups -OCH3 is 1. The van der Waals surface area contributed by atoms with Gasteiger partial charge in [-0.15, -0.1) is 0 Å². The fraction of sp³-hybridized carbons (Fsp3) is 0.333. The van der Waals surface area contributed by atoms with Crippen molar-refractivity contribution in [2.75, 3.05) is 20.2 Å². The number of pyridine rings is 1. The molecule has 0 aliphatic carbocycles. The Balaban J connectivity index is 1.62. The molecule has 4 nitrogen and oxygen atoms in total. The van der Waals surface area contributed by atoms with Gasteiger partial charge in [-0.3, -0.25) is 4.79 Å². The van der Waals surface area contributed by atoms with Crippen LogP contribution in [0, 0.1) is 0 Å². The van der Waals surface area contributed by atoms with Crippen LogP contribution >= 0.6 is 0 Å². The number of ether oxygens (including phenoxy) is 1. The first-order valence-electron chi connectivity index (χ1n) is 7.62. The van der Waals surface area contributed by atoms with E-state index >= 15 is 0 Å². The van der Waals surface area contributed by atoms with E-state index in [0.29, 0.717) is 17.4 Å². The van der Waals surface area contributed by atoms with Crippen LogP contribution in [0.2, 0.25) is 0 Å². The molecule has 1 fully saturated rings. The Bertz CT molecular complexity index is 617. The second-order valence-electron chi connectivity index (χ2n) is 5.57. The van der Waals surface area contributed by atoms with Crippen molar-refractivity contribution in [3.63, 3.8) is 0 Å². The summed E-state index contributed by atoms with van der Waals surface area (Å²) in [4.78, 5) is 18.5. The first-order chi connectivity index (χ1) is 10.8. The molecule has 2 heterocycles. The van der Waals surface area contributed by atoms with E-state index in [-0.39, 0.29) is 5.91 Å². The first kappa shape index (κ1) is 14.6. The highest BCUT2D eigenvalue weighted by atomic mass is 16.5. The number of rotatable bonds is 3. The highest BCUT2D eigenvalue weighted by molar-refractivity contribution is 5.94. The molecule has 22 heavy (non-hydrogen) atoms. The smallest absolute Gasteiger partial charge is 0.255 e. The van der Waals surface area contributed by atoms with Crippen molar-refractivity contribution in [1.29, 1.82) is 0 Å². The Kier molecular flexibility index (Phi) is 4.37.